The molecule has 0 bridgehead atoms. The van der Waals surface area contributed by atoms with E-state index in [0.717, 1.165) is 0 Å². The Labute approximate surface area is 97.0 Å². The molecule has 1 aromatic carbocycles. The lowest BCUT2D eigenvalue weighted by Gasteiger charge is -2.21. The molecule has 0 amide bonds. The molecule has 1 rings (SSSR count). The molecule has 1 aromatic rings. The van der Waals surface area contributed by atoms with Gasteiger partial charge in [-0.25, -0.2) is 8.78 Å². The molecule has 0 spiro atoms. The van der Waals surface area contributed by atoms with Crippen molar-refractivity contribution in [3.63, 3.8) is 0 Å². The standard InChI is InChI=1S/C11H13F2NO3/c1-7(16)17-9-4-2-8(3-5-9)10(14)11(12,13)6-15/h2-5,10,15H,6,14H2,1H3/t10-/m1/s1. The van der Waals surface area contributed by atoms with Crippen molar-refractivity contribution in [1.29, 1.82) is 0 Å². The first-order chi connectivity index (χ1) is 7.86. The van der Waals surface area contributed by atoms with Gasteiger partial charge in [-0.1, -0.05) is 12.1 Å². The van der Waals surface area contributed by atoms with E-state index in [1.54, 1.807) is 0 Å². The van der Waals surface area contributed by atoms with Crippen LogP contribution in [-0.4, -0.2) is 23.6 Å². The molecule has 6 heteroatoms. The van der Waals surface area contributed by atoms with Crippen LogP contribution in [0.5, 0.6) is 5.75 Å². The number of benzene rings is 1. The molecule has 0 unspecified atom stereocenters. The monoisotopic (exact) mass is 245 g/mol. The highest BCUT2D eigenvalue weighted by molar-refractivity contribution is 5.69. The van der Waals surface area contributed by atoms with Crippen LogP contribution in [0.4, 0.5) is 8.78 Å². The molecule has 0 aromatic heterocycles. The molecule has 0 aliphatic rings. The molecule has 0 radical (unpaired) electrons. The zero-order valence-electron chi connectivity index (χ0n) is 9.19. The number of carbonyl (C=O) groups is 1. The number of ether oxygens (including phenoxy) is 1. The second kappa shape index (κ2) is 5.20. The third kappa shape index (κ3) is 3.47. The van der Waals surface area contributed by atoms with Crippen LogP contribution in [-0.2, 0) is 4.79 Å². The van der Waals surface area contributed by atoms with Gasteiger partial charge in [0.15, 0.2) is 0 Å². The van der Waals surface area contributed by atoms with E-state index in [1.165, 1.54) is 31.2 Å². The highest BCUT2D eigenvalue weighted by Gasteiger charge is 2.37. The average molecular weight is 245 g/mol. The first kappa shape index (κ1) is 13.5. The summed E-state index contributed by atoms with van der Waals surface area (Å²) in [4.78, 5) is 10.6. The van der Waals surface area contributed by atoms with Gasteiger partial charge < -0.3 is 15.6 Å². The molecule has 4 nitrogen and oxygen atoms in total. The zero-order valence-corrected chi connectivity index (χ0v) is 9.19. The minimum absolute atomic E-state index is 0.153. The Morgan fingerprint density at radius 1 is 1.47 bits per heavy atom. The fourth-order valence-electron chi connectivity index (χ4n) is 1.25. The fraction of sp³-hybridized carbons (Fsp3) is 0.364. The van der Waals surface area contributed by atoms with Gasteiger partial charge in [0.05, 0.1) is 6.04 Å². The van der Waals surface area contributed by atoms with Crippen LogP contribution < -0.4 is 10.5 Å². The molecule has 1 atom stereocenters. The summed E-state index contributed by atoms with van der Waals surface area (Å²) in [6.07, 6.45) is 0. The van der Waals surface area contributed by atoms with E-state index in [9.17, 15) is 13.6 Å². The maximum atomic E-state index is 13.1. The molecule has 17 heavy (non-hydrogen) atoms. The van der Waals surface area contributed by atoms with Gasteiger partial charge in [0.2, 0.25) is 0 Å². The maximum Gasteiger partial charge on any atom is 0.308 e. The highest BCUT2D eigenvalue weighted by Crippen LogP contribution is 2.29. The molecule has 94 valence electrons. The van der Waals surface area contributed by atoms with Gasteiger partial charge in [-0.2, -0.15) is 0 Å². The van der Waals surface area contributed by atoms with Crippen molar-refractivity contribution < 1.29 is 23.4 Å². The van der Waals surface area contributed by atoms with E-state index < -0.39 is 24.5 Å². The zero-order chi connectivity index (χ0) is 13.1. The third-order valence-corrected chi connectivity index (χ3v) is 2.17. The summed E-state index contributed by atoms with van der Waals surface area (Å²) >= 11 is 0. The van der Waals surface area contributed by atoms with Crippen molar-refractivity contribution >= 4 is 5.97 Å². The Bertz CT molecular complexity index is 392. The van der Waals surface area contributed by atoms with Gasteiger partial charge >= 0.3 is 5.97 Å². The SMILES string of the molecule is CC(=O)Oc1ccc([C@@H](N)C(F)(F)CO)cc1. The molecule has 0 saturated carbocycles. The normalized spacial score (nSPS) is 13.2. The van der Waals surface area contributed by atoms with Gasteiger partial charge in [0, 0.05) is 6.92 Å². The minimum Gasteiger partial charge on any atom is -0.427 e. The predicted molar refractivity (Wildman–Crippen MR) is 56.7 cm³/mol. The number of aliphatic hydroxyl groups is 1. The lowest BCUT2D eigenvalue weighted by atomic mass is 10.0. The summed E-state index contributed by atoms with van der Waals surface area (Å²) in [6, 6.07) is 3.78. The van der Waals surface area contributed by atoms with Crippen LogP contribution in [0.15, 0.2) is 24.3 Å². The van der Waals surface area contributed by atoms with Gasteiger partial charge in [-0.05, 0) is 17.7 Å². The highest BCUT2D eigenvalue weighted by atomic mass is 19.3. The lowest BCUT2D eigenvalue weighted by Crippen LogP contribution is -2.36. The number of halogens is 2. The molecule has 0 fully saturated rings. The quantitative estimate of drug-likeness (QED) is 0.618. The minimum atomic E-state index is -3.39. The third-order valence-electron chi connectivity index (χ3n) is 2.17. The summed E-state index contributed by atoms with van der Waals surface area (Å²) in [7, 11) is 0. The summed E-state index contributed by atoms with van der Waals surface area (Å²) < 4.78 is 30.9. The lowest BCUT2D eigenvalue weighted by molar-refractivity contribution is -0.131. The first-order valence-corrected chi connectivity index (χ1v) is 4.89. The van der Waals surface area contributed by atoms with E-state index in [0.29, 0.717) is 0 Å². The Kier molecular flexibility index (Phi) is 4.14. The molecule has 0 aliphatic carbocycles. The fourth-order valence-corrected chi connectivity index (χ4v) is 1.25. The molecular weight excluding hydrogens is 232 g/mol. The van der Waals surface area contributed by atoms with Gasteiger partial charge in [-0.15, -0.1) is 0 Å². The Morgan fingerprint density at radius 3 is 2.41 bits per heavy atom. The number of alkyl halides is 2. The number of esters is 1. The van der Waals surface area contributed by atoms with E-state index in [2.05, 4.69) is 0 Å². The average Bonchev–Trinajstić information content (AvgIpc) is 2.28. The van der Waals surface area contributed by atoms with Gasteiger partial charge in [0.1, 0.15) is 12.4 Å². The Hall–Kier alpha value is -1.53. The number of rotatable bonds is 4. The van der Waals surface area contributed by atoms with Crippen molar-refractivity contribution in [2.75, 3.05) is 6.61 Å². The second-order valence-corrected chi connectivity index (χ2v) is 3.56. The van der Waals surface area contributed by atoms with Crippen molar-refractivity contribution in [3.8, 4) is 5.75 Å². The van der Waals surface area contributed by atoms with Crippen molar-refractivity contribution in [2.24, 2.45) is 5.73 Å². The van der Waals surface area contributed by atoms with E-state index >= 15 is 0 Å². The predicted octanol–water partition coefficient (Wildman–Crippen LogP) is 1.24. The number of carbonyl (C=O) groups excluding carboxylic acids is 1. The smallest absolute Gasteiger partial charge is 0.308 e. The van der Waals surface area contributed by atoms with E-state index in [1.807, 2.05) is 0 Å². The number of hydrogen-bond donors (Lipinski definition) is 2. The largest absolute Gasteiger partial charge is 0.427 e. The molecule has 3 N–H and O–H groups in total. The molecular formula is C11H13F2NO3. The summed E-state index contributed by atoms with van der Waals surface area (Å²) in [5.41, 5.74) is 5.47. The maximum absolute atomic E-state index is 13.1. The number of nitrogens with two attached hydrogens (primary N) is 1. The van der Waals surface area contributed by atoms with Crippen molar-refractivity contribution in [2.45, 2.75) is 18.9 Å². The van der Waals surface area contributed by atoms with Crippen LogP contribution in [0.2, 0.25) is 0 Å². The summed E-state index contributed by atoms with van der Waals surface area (Å²) in [5, 5.41) is 8.50. The second-order valence-electron chi connectivity index (χ2n) is 3.56. The summed E-state index contributed by atoms with van der Waals surface area (Å²) in [6.45, 7) is -0.0839. The van der Waals surface area contributed by atoms with Crippen molar-refractivity contribution in [3.05, 3.63) is 29.8 Å². The van der Waals surface area contributed by atoms with Crippen LogP contribution in [0.25, 0.3) is 0 Å². The topological polar surface area (TPSA) is 72.5 Å². The summed E-state index contributed by atoms with van der Waals surface area (Å²) in [5.74, 6) is -3.63. The van der Waals surface area contributed by atoms with E-state index in [-0.39, 0.29) is 11.3 Å². The van der Waals surface area contributed by atoms with Gasteiger partial charge in [-0.3, -0.25) is 4.79 Å². The number of hydrogen-bond acceptors (Lipinski definition) is 4. The van der Waals surface area contributed by atoms with Crippen LogP contribution >= 0.6 is 0 Å². The Balaban J connectivity index is 2.84. The van der Waals surface area contributed by atoms with Crippen LogP contribution in [0.3, 0.4) is 0 Å². The van der Waals surface area contributed by atoms with Crippen LogP contribution in [0, 0.1) is 0 Å². The van der Waals surface area contributed by atoms with E-state index in [4.69, 9.17) is 15.6 Å². The molecule has 0 heterocycles. The molecule has 0 aliphatic heterocycles. The van der Waals surface area contributed by atoms with Crippen molar-refractivity contribution in [1.82, 2.24) is 0 Å². The van der Waals surface area contributed by atoms with Crippen LogP contribution in [0.1, 0.15) is 18.5 Å². The first-order valence-electron chi connectivity index (χ1n) is 4.89. The molecule has 0 saturated heterocycles. The Morgan fingerprint density at radius 2 is 2.00 bits per heavy atom. The van der Waals surface area contributed by atoms with Gasteiger partial charge in [0.25, 0.3) is 5.92 Å². The number of aliphatic hydroxyl groups excluding tert-OH is 1.